The van der Waals surface area contributed by atoms with E-state index in [-0.39, 0.29) is 5.91 Å². The van der Waals surface area contributed by atoms with Crippen LogP contribution < -0.4 is 10.6 Å². The molecule has 1 aromatic carbocycles. The molecule has 2 rings (SSSR count). The molecular formula is C16H22N2O3. The van der Waals surface area contributed by atoms with E-state index in [9.17, 15) is 14.7 Å². The van der Waals surface area contributed by atoms with E-state index in [1.165, 1.54) is 0 Å². The molecule has 114 valence electrons. The minimum Gasteiger partial charge on any atom is -0.480 e. The number of carbonyl (C=O) groups excluding carboxylic acids is 1. The molecule has 0 radical (unpaired) electrons. The number of hydrogen-bond acceptors (Lipinski definition) is 3. The van der Waals surface area contributed by atoms with E-state index in [1.54, 1.807) is 0 Å². The fourth-order valence-electron chi connectivity index (χ4n) is 2.81. The third-order valence-corrected chi connectivity index (χ3v) is 4.17. The Balaban J connectivity index is 2.06. The molecule has 5 nitrogen and oxygen atoms in total. The topological polar surface area (TPSA) is 78.4 Å². The van der Waals surface area contributed by atoms with Crippen LogP contribution in [0, 0.1) is 0 Å². The number of aliphatic carboxylic acids is 1. The molecule has 1 saturated heterocycles. The molecule has 0 bridgehead atoms. The third-order valence-electron chi connectivity index (χ3n) is 4.17. The zero-order valence-electron chi connectivity index (χ0n) is 12.3. The molecule has 1 aliphatic rings. The molecule has 3 N–H and O–H groups in total. The van der Waals surface area contributed by atoms with Crippen molar-refractivity contribution in [3.63, 3.8) is 0 Å². The van der Waals surface area contributed by atoms with Gasteiger partial charge < -0.3 is 15.7 Å². The van der Waals surface area contributed by atoms with Crippen LogP contribution in [0.3, 0.4) is 0 Å². The summed E-state index contributed by atoms with van der Waals surface area (Å²) in [6.45, 7) is 2.75. The fourth-order valence-corrected chi connectivity index (χ4v) is 2.81. The van der Waals surface area contributed by atoms with Gasteiger partial charge in [-0.1, -0.05) is 37.3 Å². The maximum atomic E-state index is 12.5. The largest absolute Gasteiger partial charge is 0.480 e. The average Bonchev–Trinajstić information content (AvgIpc) is 2.97. The fraction of sp³-hybridized carbons (Fsp3) is 0.500. The molecule has 0 aromatic heterocycles. The van der Waals surface area contributed by atoms with Gasteiger partial charge in [-0.2, -0.15) is 0 Å². The van der Waals surface area contributed by atoms with Crippen LogP contribution in [0.4, 0.5) is 0 Å². The van der Waals surface area contributed by atoms with Crippen molar-refractivity contribution in [1.29, 1.82) is 0 Å². The standard InChI is InChI=1S/C16H22N2O3/c1-2-16(9-6-10-17-16)15(21)18-13(14(19)20)11-12-7-4-3-5-8-12/h3-5,7-8,13,17H,2,6,9-11H2,1H3,(H,18,21)(H,19,20)/t13-,16?/m0/s1. The molecule has 1 amide bonds. The molecule has 21 heavy (non-hydrogen) atoms. The number of carbonyl (C=O) groups is 2. The summed E-state index contributed by atoms with van der Waals surface area (Å²) in [4.78, 5) is 23.9. The smallest absolute Gasteiger partial charge is 0.326 e. The summed E-state index contributed by atoms with van der Waals surface area (Å²) in [6.07, 6.45) is 2.66. The number of rotatable bonds is 6. The van der Waals surface area contributed by atoms with E-state index in [0.29, 0.717) is 12.8 Å². The summed E-state index contributed by atoms with van der Waals surface area (Å²) >= 11 is 0. The summed E-state index contributed by atoms with van der Waals surface area (Å²) in [6, 6.07) is 8.44. The zero-order valence-corrected chi connectivity index (χ0v) is 12.3. The lowest BCUT2D eigenvalue weighted by Crippen LogP contribution is -2.57. The van der Waals surface area contributed by atoms with E-state index in [2.05, 4.69) is 10.6 Å². The maximum absolute atomic E-state index is 12.5. The number of nitrogens with one attached hydrogen (secondary N) is 2. The van der Waals surface area contributed by atoms with Crippen LogP contribution in [-0.2, 0) is 16.0 Å². The van der Waals surface area contributed by atoms with Crippen molar-refractivity contribution < 1.29 is 14.7 Å². The molecule has 1 aliphatic heterocycles. The first-order valence-corrected chi connectivity index (χ1v) is 7.40. The molecule has 1 fully saturated rings. The molecule has 0 spiro atoms. The maximum Gasteiger partial charge on any atom is 0.326 e. The lowest BCUT2D eigenvalue weighted by Gasteiger charge is -2.28. The first-order chi connectivity index (χ1) is 10.1. The zero-order chi connectivity index (χ0) is 15.3. The van der Waals surface area contributed by atoms with Gasteiger partial charge in [-0.25, -0.2) is 4.79 Å². The van der Waals surface area contributed by atoms with Crippen LogP contribution in [-0.4, -0.2) is 35.1 Å². The normalized spacial score (nSPS) is 22.7. The van der Waals surface area contributed by atoms with Gasteiger partial charge in [-0.15, -0.1) is 0 Å². The van der Waals surface area contributed by atoms with Gasteiger partial charge in [0.15, 0.2) is 0 Å². The molecule has 2 atom stereocenters. The summed E-state index contributed by atoms with van der Waals surface area (Å²) in [5.74, 6) is -1.21. The number of benzene rings is 1. The number of amides is 1. The van der Waals surface area contributed by atoms with Crippen molar-refractivity contribution in [3.8, 4) is 0 Å². The number of hydrogen-bond donors (Lipinski definition) is 3. The lowest BCUT2D eigenvalue weighted by molar-refractivity contribution is -0.142. The minimum atomic E-state index is -1.00. The molecule has 1 unspecified atom stereocenters. The van der Waals surface area contributed by atoms with Gasteiger partial charge in [-0.3, -0.25) is 4.79 Å². The van der Waals surface area contributed by atoms with E-state index < -0.39 is 17.6 Å². The van der Waals surface area contributed by atoms with E-state index in [0.717, 1.165) is 24.9 Å². The Morgan fingerprint density at radius 2 is 2.10 bits per heavy atom. The quantitative estimate of drug-likeness (QED) is 0.738. The van der Waals surface area contributed by atoms with Crippen molar-refractivity contribution in [2.24, 2.45) is 0 Å². The Kier molecular flexibility index (Phi) is 4.96. The summed E-state index contributed by atoms with van der Waals surface area (Å²) in [7, 11) is 0. The van der Waals surface area contributed by atoms with Crippen LogP contribution in [0.5, 0.6) is 0 Å². The molecule has 0 saturated carbocycles. The van der Waals surface area contributed by atoms with Crippen molar-refractivity contribution in [2.45, 2.75) is 44.2 Å². The van der Waals surface area contributed by atoms with Gasteiger partial charge in [0.2, 0.25) is 5.91 Å². The summed E-state index contributed by atoms with van der Waals surface area (Å²) in [5.41, 5.74) is 0.292. The second-order valence-corrected chi connectivity index (χ2v) is 5.52. The molecule has 1 heterocycles. The Morgan fingerprint density at radius 3 is 2.62 bits per heavy atom. The first kappa shape index (κ1) is 15.5. The van der Waals surface area contributed by atoms with Gasteiger partial charge in [0.05, 0.1) is 5.54 Å². The Morgan fingerprint density at radius 1 is 1.38 bits per heavy atom. The van der Waals surface area contributed by atoms with Gasteiger partial charge in [-0.05, 0) is 31.4 Å². The van der Waals surface area contributed by atoms with E-state index in [1.807, 2.05) is 37.3 Å². The van der Waals surface area contributed by atoms with Crippen LogP contribution in [0.1, 0.15) is 31.7 Å². The van der Waals surface area contributed by atoms with Gasteiger partial charge >= 0.3 is 5.97 Å². The third kappa shape index (κ3) is 3.61. The Bertz CT molecular complexity index is 496. The van der Waals surface area contributed by atoms with E-state index >= 15 is 0 Å². The molecular weight excluding hydrogens is 268 g/mol. The van der Waals surface area contributed by atoms with Gasteiger partial charge in [0, 0.05) is 6.42 Å². The van der Waals surface area contributed by atoms with Crippen molar-refractivity contribution in [2.75, 3.05) is 6.54 Å². The SMILES string of the molecule is CCC1(C(=O)N[C@@H](Cc2ccccc2)C(=O)O)CCCN1. The van der Waals surface area contributed by atoms with E-state index in [4.69, 9.17) is 0 Å². The van der Waals surface area contributed by atoms with Crippen molar-refractivity contribution in [3.05, 3.63) is 35.9 Å². The van der Waals surface area contributed by atoms with Crippen molar-refractivity contribution >= 4 is 11.9 Å². The monoisotopic (exact) mass is 290 g/mol. The second-order valence-electron chi connectivity index (χ2n) is 5.52. The molecule has 0 aliphatic carbocycles. The van der Waals surface area contributed by atoms with Crippen LogP contribution in [0.2, 0.25) is 0 Å². The predicted octanol–water partition coefficient (Wildman–Crippen LogP) is 1.33. The van der Waals surface area contributed by atoms with Crippen LogP contribution in [0.25, 0.3) is 0 Å². The average molecular weight is 290 g/mol. The van der Waals surface area contributed by atoms with Crippen LogP contribution >= 0.6 is 0 Å². The van der Waals surface area contributed by atoms with Crippen molar-refractivity contribution in [1.82, 2.24) is 10.6 Å². The number of carboxylic acid groups (broad SMARTS) is 1. The Hall–Kier alpha value is -1.88. The predicted molar refractivity (Wildman–Crippen MR) is 80.0 cm³/mol. The van der Waals surface area contributed by atoms with Gasteiger partial charge in [0.1, 0.15) is 6.04 Å². The summed E-state index contributed by atoms with van der Waals surface area (Å²) in [5, 5.41) is 15.3. The highest BCUT2D eigenvalue weighted by molar-refractivity contribution is 5.90. The minimum absolute atomic E-state index is 0.203. The Labute approximate surface area is 124 Å². The highest BCUT2D eigenvalue weighted by atomic mass is 16.4. The molecule has 5 heteroatoms. The molecule has 1 aromatic rings. The lowest BCUT2D eigenvalue weighted by atomic mass is 9.92. The highest BCUT2D eigenvalue weighted by Gasteiger charge is 2.40. The van der Waals surface area contributed by atoms with Crippen LogP contribution in [0.15, 0.2) is 30.3 Å². The first-order valence-electron chi connectivity index (χ1n) is 7.40. The second kappa shape index (κ2) is 6.72. The summed E-state index contributed by atoms with van der Waals surface area (Å²) < 4.78 is 0. The number of carboxylic acids is 1. The highest BCUT2D eigenvalue weighted by Crippen LogP contribution is 2.23. The van der Waals surface area contributed by atoms with Gasteiger partial charge in [0.25, 0.3) is 0 Å².